The van der Waals surface area contributed by atoms with Crippen molar-refractivity contribution < 1.29 is 13.2 Å². The van der Waals surface area contributed by atoms with Gasteiger partial charge < -0.3 is 10.2 Å². The van der Waals surface area contributed by atoms with Gasteiger partial charge in [-0.25, -0.2) is 0 Å². The molecule has 0 unspecified atom stereocenters. The molecule has 4 rings (SSSR count). The molecule has 2 aromatic carbocycles. The Kier molecular flexibility index (Phi) is 5.12. The number of hydrogen-bond donors (Lipinski definition) is 1. The molecule has 2 aliphatic rings. The van der Waals surface area contributed by atoms with Crippen molar-refractivity contribution in [1.82, 2.24) is 10.2 Å². The molecule has 6 nitrogen and oxygen atoms in total. The van der Waals surface area contributed by atoms with E-state index in [0.717, 1.165) is 5.56 Å². The molecule has 0 saturated carbocycles. The second-order valence-electron chi connectivity index (χ2n) is 6.99. The first-order valence-corrected chi connectivity index (χ1v) is 11.0. The van der Waals surface area contributed by atoms with Gasteiger partial charge in [0.25, 0.3) is 10.0 Å². The summed E-state index contributed by atoms with van der Waals surface area (Å²) >= 11 is 5.87. The Morgan fingerprint density at radius 2 is 1.79 bits per heavy atom. The topological polar surface area (TPSA) is 78.8 Å². The highest BCUT2D eigenvalue weighted by Crippen LogP contribution is 2.29. The average Bonchev–Trinajstić information content (AvgIpc) is 2.99. The summed E-state index contributed by atoms with van der Waals surface area (Å²) in [5.41, 5.74) is 1.64. The second-order valence-corrected chi connectivity index (χ2v) is 9.00. The van der Waals surface area contributed by atoms with Crippen molar-refractivity contribution >= 4 is 33.4 Å². The first-order chi connectivity index (χ1) is 13.4. The second kappa shape index (κ2) is 7.56. The number of carbonyl (C=O) groups excluding carboxylic acids is 1. The van der Waals surface area contributed by atoms with Crippen LogP contribution < -0.4 is 5.32 Å². The van der Waals surface area contributed by atoms with Gasteiger partial charge in [-0.1, -0.05) is 35.9 Å². The van der Waals surface area contributed by atoms with Crippen molar-refractivity contribution in [3.05, 3.63) is 64.7 Å². The van der Waals surface area contributed by atoms with Crippen LogP contribution in [0.15, 0.2) is 57.8 Å². The molecule has 28 heavy (non-hydrogen) atoms. The number of nitrogens with zero attached hydrogens (tertiary/aromatic N) is 2. The minimum Gasteiger partial charge on any atom is -0.355 e. The highest BCUT2D eigenvalue weighted by molar-refractivity contribution is 7.90. The molecule has 146 valence electrons. The van der Waals surface area contributed by atoms with Gasteiger partial charge >= 0.3 is 0 Å². The third-order valence-electron chi connectivity index (χ3n) is 5.16. The number of piperidine rings is 1. The van der Waals surface area contributed by atoms with Crippen LogP contribution in [0, 0.1) is 5.92 Å². The van der Waals surface area contributed by atoms with Crippen molar-refractivity contribution in [2.24, 2.45) is 10.3 Å². The summed E-state index contributed by atoms with van der Waals surface area (Å²) < 4.78 is 28.4. The number of hydrogen-bond acceptors (Lipinski definition) is 4. The summed E-state index contributed by atoms with van der Waals surface area (Å²) in [6.45, 7) is 1.66. The number of amides is 1. The Hall–Kier alpha value is -2.38. The fourth-order valence-electron chi connectivity index (χ4n) is 3.61. The van der Waals surface area contributed by atoms with Crippen LogP contribution in [0.3, 0.4) is 0 Å². The number of benzene rings is 2. The molecule has 1 amide bonds. The predicted octanol–water partition coefficient (Wildman–Crippen LogP) is 2.82. The molecular formula is C20H20ClN3O3S. The van der Waals surface area contributed by atoms with E-state index in [4.69, 9.17) is 11.6 Å². The standard InChI is InChI=1S/C20H20ClN3O3S/c21-16-7-5-14(6-8-16)13-22-20(25)15-9-11-24(12-10-15)19-17-3-1-2-4-18(17)28(26,27)23-19/h1-8,15H,9-13H2,(H,22,25). The van der Waals surface area contributed by atoms with E-state index in [1.165, 1.54) is 0 Å². The number of fused-ring (bicyclic) bond motifs is 1. The highest BCUT2D eigenvalue weighted by atomic mass is 35.5. The fraction of sp³-hybridized carbons (Fsp3) is 0.300. The lowest BCUT2D eigenvalue weighted by atomic mass is 9.95. The van der Waals surface area contributed by atoms with Gasteiger partial charge in [-0.2, -0.15) is 8.42 Å². The molecule has 0 bridgehead atoms. The third kappa shape index (κ3) is 3.77. The van der Waals surface area contributed by atoms with Crippen LogP contribution in [0.2, 0.25) is 5.02 Å². The maximum absolute atomic E-state index is 12.5. The fourth-order valence-corrected chi connectivity index (χ4v) is 4.96. The van der Waals surface area contributed by atoms with Gasteiger partial charge in [0.1, 0.15) is 4.90 Å². The van der Waals surface area contributed by atoms with E-state index in [9.17, 15) is 13.2 Å². The SMILES string of the molecule is O=C(NCc1ccc(Cl)cc1)C1CCN(C2=NS(=O)(=O)c3ccccc32)CC1. The van der Waals surface area contributed by atoms with Crippen molar-refractivity contribution in [2.45, 2.75) is 24.3 Å². The molecule has 0 radical (unpaired) electrons. The quantitative estimate of drug-likeness (QED) is 0.832. The predicted molar refractivity (Wildman–Crippen MR) is 108 cm³/mol. The van der Waals surface area contributed by atoms with Gasteiger partial charge in [-0.3, -0.25) is 4.79 Å². The Morgan fingerprint density at radius 1 is 1.11 bits per heavy atom. The van der Waals surface area contributed by atoms with E-state index in [-0.39, 0.29) is 16.7 Å². The van der Waals surface area contributed by atoms with Crippen LogP contribution in [0.4, 0.5) is 0 Å². The molecule has 0 atom stereocenters. The maximum atomic E-state index is 12.5. The van der Waals surface area contributed by atoms with Gasteiger partial charge in [0.2, 0.25) is 5.91 Å². The van der Waals surface area contributed by atoms with E-state index in [2.05, 4.69) is 9.71 Å². The van der Waals surface area contributed by atoms with Crippen molar-refractivity contribution in [3.63, 3.8) is 0 Å². The van der Waals surface area contributed by atoms with E-state index in [1.54, 1.807) is 30.3 Å². The third-order valence-corrected chi connectivity index (χ3v) is 6.73. The number of amidine groups is 1. The average molecular weight is 418 g/mol. The summed E-state index contributed by atoms with van der Waals surface area (Å²) in [5.74, 6) is 0.434. The van der Waals surface area contributed by atoms with E-state index in [0.29, 0.717) is 48.9 Å². The van der Waals surface area contributed by atoms with Crippen molar-refractivity contribution in [2.75, 3.05) is 13.1 Å². The summed E-state index contributed by atoms with van der Waals surface area (Å²) in [4.78, 5) is 14.7. The zero-order valence-electron chi connectivity index (χ0n) is 15.1. The minimum atomic E-state index is -3.62. The van der Waals surface area contributed by atoms with Crippen LogP contribution in [-0.2, 0) is 21.4 Å². The Bertz CT molecular complexity index is 1030. The Morgan fingerprint density at radius 3 is 2.50 bits per heavy atom. The Balaban J connectivity index is 1.36. The smallest absolute Gasteiger partial charge is 0.285 e. The number of carbonyl (C=O) groups is 1. The lowest BCUT2D eigenvalue weighted by molar-refractivity contribution is -0.126. The van der Waals surface area contributed by atoms with E-state index < -0.39 is 10.0 Å². The molecule has 0 aliphatic carbocycles. The largest absolute Gasteiger partial charge is 0.355 e. The van der Waals surface area contributed by atoms with Gasteiger partial charge in [-0.15, -0.1) is 4.40 Å². The summed E-state index contributed by atoms with van der Waals surface area (Å²) in [6.07, 6.45) is 1.32. The lowest BCUT2D eigenvalue weighted by Gasteiger charge is -2.32. The molecule has 2 aliphatic heterocycles. The summed E-state index contributed by atoms with van der Waals surface area (Å²) in [7, 11) is -3.62. The maximum Gasteiger partial charge on any atom is 0.285 e. The van der Waals surface area contributed by atoms with Crippen LogP contribution in [0.25, 0.3) is 0 Å². The summed E-state index contributed by atoms with van der Waals surface area (Å²) in [5, 5.41) is 3.64. The van der Waals surface area contributed by atoms with Crippen molar-refractivity contribution in [3.8, 4) is 0 Å². The van der Waals surface area contributed by atoms with Crippen molar-refractivity contribution in [1.29, 1.82) is 0 Å². The van der Waals surface area contributed by atoms with Crippen LogP contribution >= 0.6 is 11.6 Å². The van der Waals surface area contributed by atoms with Crippen LogP contribution in [-0.4, -0.2) is 38.2 Å². The van der Waals surface area contributed by atoms with Gasteiger partial charge in [-0.05, 0) is 42.7 Å². The van der Waals surface area contributed by atoms with Gasteiger partial charge in [0.05, 0.1) is 0 Å². The molecule has 2 heterocycles. The zero-order valence-corrected chi connectivity index (χ0v) is 16.7. The van der Waals surface area contributed by atoms with E-state index >= 15 is 0 Å². The van der Waals surface area contributed by atoms with Crippen LogP contribution in [0.1, 0.15) is 24.0 Å². The number of rotatable bonds is 3. The molecular weight excluding hydrogens is 398 g/mol. The molecule has 0 aromatic heterocycles. The van der Waals surface area contributed by atoms with Gasteiger partial charge in [0, 0.05) is 36.1 Å². The normalized spacial score (nSPS) is 18.5. The van der Waals surface area contributed by atoms with Gasteiger partial charge in [0.15, 0.2) is 5.84 Å². The monoisotopic (exact) mass is 417 g/mol. The van der Waals surface area contributed by atoms with E-state index in [1.807, 2.05) is 23.1 Å². The Labute approximate surface area is 169 Å². The zero-order chi connectivity index (χ0) is 19.7. The van der Waals surface area contributed by atoms with Crippen LogP contribution in [0.5, 0.6) is 0 Å². The molecule has 1 N–H and O–H groups in total. The number of sulfonamides is 1. The number of likely N-dealkylation sites (tertiary alicyclic amines) is 1. The minimum absolute atomic E-state index is 0.0241. The highest BCUT2D eigenvalue weighted by Gasteiger charge is 2.34. The summed E-state index contributed by atoms with van der Waals surface area (Å²) in [6, 6.07) is 14.3. The lowest BCUT2D eigenvalue weighted by Crippen LogP contribution is -2.42. The number of halogens is 1. The molecule has 0 spiro atoms. The number of nitrogens with one attached hydrogen (secondary N) is 1. The first-order valence-electron chi connectivity index (χ1n) is 9.15. The molecule has 1 fully saturated rings. The first kappa shape index (κ1) is 19.0. The molecule has 1 saturated heterocycles. The molecule has 8 heteroatoms. The molecule has 2 aromatic rings.